The van der Waals surface area contributed by atoms with Gasteiger partial charge in [-0.05, 0) is 26.0 Å². The van der Waals surface area contributed by atoms with Crippen molar-refractivity contribution in [2.24, 2.45) is 0 Å². The maximum absolute atomic E-state index is 8.75. The molecular weight excluding hydrogens is 216 g/mol. The van der Waals surface area contributed by atoms with Gasteiger partial charge in [-0.3, -0.25) is 0 Å². The molecule has 5 heteroatoms. The maximum Gasteiger partial charge on any atom is 0.213 e. The molecule has 0 unspecified atom stereocenters. The van der Waals surface area contributed by atoms with Gasteiger partial charge in [0.05, 0.1) is 23.9 Å². The Morgan fingerprint density at radius 1 is 1.47 bits per heavy atom. The molecule has 0 radical (unpaired) electrons. The fraction of sp³-hybridized carbons (Fsp3) is 0.250. The summed E-state index contributed by atoms with van der Waals surface area (Å²) >= 11 is 0. The second-order valence-corrected chi connectivity index (χ2v) is 3.64. The lowest BCUT2D eigenvalue weighted by Gasteiger charge is -2.02. The van der Waals surface area contributed by atoms with Gasteiger partial charge < -0.3 is 9.73 Å². The van der Waals surface area contributed by atoms with Gasteiger partial charge in [0.1, 0.15) is 11.6 Å². The van der Waals surface area contributed by atoms with E-state index in [1.165, 1.54) is 0 Å². The van der Waals surface area contributed by atoms with E-state index in [2.05, 4.69) is 21.4 Å². The maximum atomic E-state index is 8.75. The van der Waals surface area contributed by atoms with E-state index >= 15 is 0 Å². The van der Waals surface area contributed by atoms with Crippen LogP contribution in [0.3, 0.4) is 0 Å². The van der Waals surface area contributed by atoms with E-state index in [0.717, 1.165) is 11.5 Å². The number of nitriles is 1. The zero-order chi connectivity index (χ0) is 12.3. The first kappa shape index (κ1) is 11.1. The molecule has 0 aliphatic rings. The van der Waals surface area contributed by atoms with E-state index in [9.17, 15) is 0 Å². The molecule has 0 aliphatic heterocycles. The second-order valence-electron chi connectivity index (χ2n) is 3.64. The molecule has 2 heterocycles. The summed E-state index contributed by atoms with van der Waals surface area (Å²) in [7, 11) is 0. The van der Waals surface area contributed by atoms with Gasteiger partial charge in [-0.15, -0.1) is 0 Å². The van der Waals surface area contributed by atoms with Crippen molar-refractivity contribution in [1.82, 2.24) is 9.97 Å². The van der Waals surface area contributed by atoms with Crippen molar-refractivity contribution in [3.8, 4) is 6.07 Å². The SMILES string of the molecule is Cc1nc(CNc2cc(C#N)ccn2)oc1C. The number of anilines is 1. The minimum Gasteiger partial charge on any atom is -0.444 e. The molecule has 0 saturated heterocycles. The minimum atomic E-state index is 0.455. The highest BCUT2D eigenvalue weighted by molar-refractivity contribution is 5.42. The molecule has 0 amide bonds. The van der Waals surface area contributed by atoms with E-state index < -0.39 is 0 Å². The molecule has 1 N–H and O–H groups in total. The van der Waals surface area contributed by atoms with Crippen LogP contribution in [0.2, 0.25) is 0 Å². The molecule has 0 bridgehead atoms. The van der Waals surface area contributed by atoms with Crippen LogP contribution >= 0.6 is 0 Å². The number of hydrogen-bond acceptors (Lipinski definition) is 5. The first-order chi connectivity index (χ1) is 8.19. The summed E-state index contributed by atoms with van der Waals surface area (Å²) in [4.78, 5) is 8.35. The molecule has 2 aromatic heterocycles. The number of oxazole rings is 1. The lowest BCUT2D eigenvalue weighted by Crippen LogP contribution is -2.01. The first-order valence-corrected chi connectivity index (χ1v) is 5.22. The lowest BCUT2D eigenvalue weighted by molar-refractivity contribution is 0.478. The van der Waals surface area contributed by atoms with Crippen molar-refractivity contribution in [1.29, 1.82) is 5.26 Å². The summed E-state index contributed by atoms with van der Waals surface area (Å²) in [6, 6.07) is 5.40. The fourth-order valence-electron chi connectivity index (χ4n) is 1.38. The topological polar surface area (TPSA) is 74.7 Å². The van der Waals surface area contributed by atoms with Crippen molar-refractivity contribution in [2.45, 2.75) is 20.4 Å². The summed E-state index contributed by atoms with van der Waals surface area (Å²) in [5.41, 5.74) is 1.46. The zero-order valence-electron chi connectivity index (χ0n) is 9.69. The Morgan fingerprint density at radius 2 is 2.29 bits per heavy atom. The smallest absolute Gasteiger partial charge is 0.213 e. The molecule has 0 aromatic carbocycles. The Labute approximate surface area is 99.1 Å². The van der Waals surface area contributed by atoms with E-state index in [4.69, 9.17) is 9.68 Å². The molecule has 0 fully saturated rings. The molecule has 86 valence electrons. The van der Waals surface area contributed by atoms with Crippen LogP contribution < -0.4 is 5.32 Å². The quantitative estimate of drug-likeness (QED) is 0.871. The van der Waals surface area contributed by atoms with Gasteiger partial charge in [0.25, 0.3) is 0 Å². The fourth-order valence-corrected chi connectivity index (χ4v) is 1.38. The normalized spacial score (nSPS) is 9.94. The van der Waals surface area contributed by atoms with Crippen LogP contribution in [0.25, 0.3) is 0 Å². The molecule has 2 rings (SSSR count). The number of hydrogen-bond donors (Lipinski definition) is 1. The predicted molar refractivity (Wildman–Crippen MR) is 62.3 cm³/mol. The number of rotatable bonds is 3. The Kier molecular flexibility index (Phi) is 3.06. The van der Waals surface area contributed by atoms with Crippen molar-refractivity contribution < 1.29 is 4.42 Å². The lowest BCUT2D eigenvalue weighted by atomic mass is 10.3. The Hall–Kier alpha value is -2.35. The van der Waals surface area contributed by atoms with Gasteiger partial charge >= 0.3 is 0 Å². The summed E-state index contributed by atoms with van der Waals surface area (Å²) in [6.07, 6.45) is 1.59. The number of nitrogens with one attached hydrogen (secondary N) is 1. The summed E-state index contributed by atoms with van der Waals surface area (Å²) in [5.74, 6) is 2.07. The third kappa shape index (κ3) is 2.61. The van der Waals surface area contributed by atoms with E-state index in [1.807, 2.05) is 13.8 Å². The van der Waals surface area contributed by atoms with E-state index in [0.29, 0.717) is 23.8 Å². The molecule has 0 spiro atoms. The van der Waals surface area contributed by atoms with Gasteiger partial charge in [-0.2, -0.15) is 5.26 Å². The standard InChI is InChI=1S/C12H12N4O/c1-8-9(2)17-12(16-8)7-15-11-5-10(6-13)3-4-14-11/h3-5H,7H2,1-2H3,(H,14,15). The van der Waals surface area contributed by atoms with Crippen LogP contribution in [-0.4, -0.2) is 9.97 Å². The molecule has 2 aromatic rings. The zero-order valence-corrected chi connectivity index (χ0v) is 9.69. The average molecular weight is 228 g/mol. The van der Waals surface area contributed by atoms with Crippen LogP contribution in [-0.2, 0) is 6.54 Å². The molecule has 5 nitrogen and oxygen atoms in total. The summed E-state index contributed by atoms with van der Waals surface area (Å²) in [5, 5.41) is 11.8. The van der Waals surface area contributed by atoms with Gasteiger partial charge in [0.15, 0.2) is 0 Å². The third-order valence-corrected chi connectivity index (χ3v) is 2.38. The number of aromatic nitrogens is 2. The predicted octanol–water partition coefficient (Wildman–Crippen LogP) is 2.17. The van der Waals surface area contributed by atoms with Gasteiger partial charge in [-0.1, -0.05) is 0 Å². The van der Waals surface area contributed by atoms with Crippen molar-refractivity contribution in [3.05, 3.63) is 41.2 Å². The molecule has 0 aliphatic carbocycles. The molecule has 0 atom stereocenters. The van der Waals surface area contributed by atoms with Crippen molar-refractivity contribution in [2.75, 3.05) is 5.32 Å². The second kappa shape index (κ2) is 4.66. The summed E-state index contributed by atoms with van der Waals surface area (Å²) in [6.45, 7) is 4.23. The molecule has 0 saturated carbocycles. The Morgan fingerprint density at radius 3 is 2.94 bits per heavy atom. The van der Waals surface area contributed by atoms with Crippen molar-refractivity contribution >= 4 is 5.82 Å². The minimum absolute atomic E-state index is 0.455. The Balaban J connectivity index is 2.05. The highest BCUT2D eigenvalue weighted by atomic mass is 16.4. The van der Waals surface area contributed by atoms with Crippen LogP contribution in [0.15, 0.2) is 22.7 Å². The molecular formula is C12H12N4O. The summed E-state index contributed by atoms with van der Waals surface area (Å²) < 4.78 is 5.43. The largest absolute Gasteiger partial charge is 0.444 e. The molecule has 17 heavy (non-hydrogen) atoms. The number of pyridine rings is 1. The van der Waals surface area contributed by atoms with Gasteiger partial charge in [0, 0.05) is 6.20 Å². The van der Waals surface area contributed by atoms with Crippen LogP contribution in [0.5, 0.6) is 0 Å². The van der Waals surface area contributed by atoms with Crippen LogP contribution in [0.4, 0.5) is 5.82 Å². The number of nitrogens with zero attached hydrogens (tertiary/aromatic N) is 3. The van der Waals surface area contributed by atoms with Crippen LogP contribution in [0, 0.1) is 25.2 Å². The van der Waals surface area contributed by atoms with Crippen molar-refractivity contribution in [3.63, 3.8) is 0 Å². The number of aryl methyl sites for hydroxylation is 2. The first-order valence-electron chi connectivity index (χ1n) is 5.22. The Bertz CT molecular complexity index is 549. The monoisotopic (exact) mass is 228 g/mol. The highest BCUT2D eigenvalue weighted by Gasteiger charge is 2.05. The average Bonchev–Trinajstić information content (AvgIpc) is 2.67. The van der Waals surface area contributed by atoms with Crippen LogP contribution in [0.1, 0.15) is 22.9 Å². The third-order valence-electron chi connectivity index (χ3n) is 2.38. The van der Waals surface area contributed by atoms with Gasteiger partial charge in [-0.25, -0.2) is 9.97 Å². The van der Waals surface area contributed by atoms with Gasteiger partial charge in [0.2, 0.25) is 5.89 Å². The highest BCUT2D eigenvalue weighted by Crippen LogP contribution is 2.11. The van der Waals surface area contributed by atoms with E-state index in [-0.39, 0.29) is 0 Å². The van der Waals surface area contributed by atoms with E-state index in [1.54, 1.807) is 18.3 Å².